The van der Waals surface area contributed by atoms with Crippen molar-refractivity contribution in [1.82, 2.24) is 0 Å². The number of hydrogen-bond donors (Lipinski definition) is 0. The van der Waals surface area contributed by atoms with Crippen LogP contribution in [-0.2, 0) is 6.42 Å². The third kappa shape index (κ3) is 5.43. The minimum absolute atomic E-state index is 0.481. The van der Waals surface area contributed by atoms with Gasteiger partial charge in [-0.3, -0.25) is 0 Å². The van der Waals surface area contributed by atoms with E-state index < -0.39 is 11.6 Å². The van der Waals surface area contributed by atoms with Crippen LogP contribution in [-0.4, -0.2) is 0 Å². The fraction of sp³-hybridized carbons (Fsp3) is 0.391. The average Bonchev–Trinajstić information content (AvgIpc) is 3.14. The zero-order chi connectivity index (χ0) is 17.5. The van der Waals surface area contributed by atoms with Crippen molar-refractivity contribution in [3.05, 3.63) is 70.8 Å². The van der Waals surface area contributed by atoms with Gasteiger partial charge in [0.2, 0.25) is 0 Å². The molecular formula is C23H24F2. The van der Waals surface area contributed by atoms with Crippen LogP contribution in [0.4, 0.5) is 8.78 Å². The number of aryl methyl sites for hydroxylation is 1. The van der Waals surface area contributed by atoms with Crippen LogP contribution in [0.1, 0.15) is 61.6 Å². The van der Waals surface area contributed by atoms with Gasteiger partial charge in [0.05, 0.1) is 0 Å². The first kappa shape index (κ1) is 17.7. The lowest BCUT2D eigenvalue weighted by atomic mass is 9.98. The lowest BCUT2D eigenvalue weighted by Crippen LogP contribution is -1.94. The van der Waals surface area contributed by atoms with Crippen LogP contribution in [0.2, 0.25) is 0 Å². The molecule has 1 saturated carbocycles. The van der Waals surface area contributed by atoms with E-state index in [4.69, 9.17) is 0 Å². The molecule has 0 N–H and O–H groups in total. The van der Waals surface area contributed by atoms with Crippen molar-refractivity contribution < 1.29 is 8.78 Å². The Bertz CT molecular complexity index is 744. The van der Waals surface area contributed by atoms with Crippen LogP contribution in [0, 0.1) is 29.4 Å². The van der Waals surface area contributed by atoms with Gasteiger partial charge in [-0.15, -0.1) is 0 Å². The van der Waals surface area contributed by atoms with E-state index in [1.807, 2.05) is 12.1 Å². The summed E-state index contributed by atoms with van der Waals surface area (Å²) >= 11 is 0. The Balaban J connectivity index is 1.48. The molecule has 1 aliphatic carbocycles. The lowest BCUT2D eigenvalue weighted by molar-refractivity contribution is 0.473. The second-order valence-electron chi connectivity index (χ2n) is 6.97. The van der Waals surface area contributed by atoms with Crippen LogP contribution in [0.3, 0.4) is 0 Å². The molecule has 0 saturated heterocycles. The molecule has 0 spiro atoms. The summed E-state index contributed by atoms with van der Waals surface area (Å²) in [5.74, 6) is 5.15. The topological polar surface area (TPSA) is 0 Å². The Labute approximate surface area is 149 Å². The predicted molar refractivity (Wildman–Crippen MR) is 98.3 cm³/mol. The van der Waals surface area contributed by atoms with Crippen LogP contribution in [0.25, 0.3) is 0 Å². The molecule has 0 atom stereocenters. The second-order valence-corrected chi connectivity index (χ2v) is 6.97. The normalized spacial score (nSPS) is 14.3. The molecule has 2 aromatic carbocycles. The molecular weight excluding hydrogens is 314 g/mol. The zero-order valence-corrected chi connectivity index (χ0v) is 14.5. The summed E-state index contributed by atoms with van der Waals surface area (Å²) in [5.41, 5.74) is 2.71. The maximum Gasteiger partial charge on any atom is 0.160 e. The maximum absolute atomic E-state index is 13.2. The Kier molecular flexibility index (Phi) is 6.23. The van der Waals surface area contributed by atoms with E-state index in [1.165, 1.54) is 56.6 Å². The van der Waals surface area contributed by atoms with Crippen LogP contribution in [0.15, 0.2) is 42.5 Å². The molecule has 1 aliphatic rings. The minimum atomic E-state index is -0.861. The molecule has 0 unspecified atom stereocenters. The van der Waals surface area contributed by atoms with Gasteiger partial charge in [0.15, 0.2) is 11.6 Å². The molecule has 0 aromatic heterocycles. The highest BCUT2D eigenvalue weighted by Crippen LogP contribution is 2.29. The van der Waals surface area contributed by atoms with Gasteiger partial charge in [-0.2, -0.15) is 0 Å². The molecule has 3 rings (SSSR count). The van der Waals surface area contributed by atoms with Gasteiger partial charge in [-0.1, -0.05) is 62.5 Å². The zero-order valence-electron chi connectivity index (χ0n) is 14.5. The minimum Gasteiger partial charge on any atom is -0.204 e. The average molecular weight is 338 g/mol. The van der Waals surface area contributed by atoms with Crippen molar-refractivity contribution in [2.75, 3.05) is 0 Å². The smallest absolute Gasteiger partial charge is 0.160 e. The summed E-state index contributed by atoms with van der Waals surface area (Å²) in [7, 11) is 0. The van der Waals surface area contributed by atoms with Crippen LogP contribution in [0.5, 0.6) is 0 Å². The van der Waals surface area contributed by atoms with E-state index in [1.54, 1.807) is 0 Å². The Hall–Kier alpha value is -2.14. The van der Waals surface area contributed by atoms with Gasteiger partial charge >= 0.3 is 0 Å². The number of rotatable bonds is 5. The molecule has 0 radical (unpaired) electrons. The first-order valence-electron chi connectivity index (χ1n) is 9.27. The summed E-state index contributed by atoms with van der Waals surface area (Å²) < 4.78 is 26.1. The molecule has 2 aromatic rings. The van der Waals surface area contributed by atoms with E-state index in [-0.39, 0.29) is 0 Å². The second kappa shape index (κ2) is 8.81. The summed E-state index contributed by atoms with van der Waals surface area (Å²) in [4.78, 5) is 0. The summed E-state index contributed by atoms with van der Waals surface area (Å²) in [6, 6.07) is 12.0. The van der Waals surface area contributed by atoms with E-state index in [0.717, 1.165) is 30.0 Å². The SMILES string of the molecule is Fc1ccc(C#Cc2ccc(CCCCC3CCCC3)cc2)cc1F. The van der Waals surface area contributed by atoms with Gasteiger partial charge in [-0.25, -0.2) is 8.78 Å². The molecule has 0 heterocycles. The van der Waals surface area contributed by atoms with E-state index in [0.29, 0.717) is 5.56 Å². The Morgan fingerprint density at radius 2 is 1.48 bits per heavy atom. The van der Waals surface area contributed by atoms with Crippen molar-refractivity contribution in [2.24, 2.45) is 5.92 Å². The fourth-order valence-electron chi connectivity index (χ4n) is 3.53. The van der Waals surface area contributed by atoms with E-state index in [2.05, 4.69) is 24.0 Å². The Morgan fingerprint density at radius 3 is 2.20 bits per heavy atom. The molecule has 2 heteroatoms. The lowest BCUT2D eigenvalue weighted by Gasteiger charge is -2.08. The number of halogens is 2. The molecule has 0 bridgehead atoms. The highest BCUT2D eigenvalue weighted by Gasteiger charge is 2.13. The first-order chi connectivity index (χ1) is 12.2. The fourth-order valence-corrected chi connectivity index (χ4v) is 3.53. The van der Waals surface area contributed by atoms with Crippen LogP contribution < -0.4 is 0 Å². The van der Waals surface area contributed by atoms with Crippen LogP contribution >= 0.6 is 0 Å². The molecule has 25 heavy (non-hydrogen) atoms. The van der Waals surface area contributed by atoms with Gasteiger partial charge in [0, 0.05) is 11.1 Å². The van der Waals surface area contributed by atoms with Crippen molar-refractivity contribution in [2.45, 2.75) is 51.4 Å². The molecule has 0 nitrogen and oxygen atoms in total. The van der Waals surface area contributed by atoms with Crippen molar-refractivity contribution >= 4 is 0 Å². The number of unbranched alkanes of at least 4 members (excludes halogenated alkanes) is 1. The third-order valence-electron chi connectivity index (χ3n) is 5.03. The van der Waals surface area contributed by atoms with Gasteiger partial charge in [-0.05, 0) is 54.7 Å². The predicted octanol–water partition coefficient (Wildman–Crippen LogP) is 6.27. The quantitative estimate of drug-likeness (QED) is 0.445. The van der Waals surface area contributed by atoms with Crippen molar-refractivity contribution in [3.63, 3.8) is 0 Å². The standard InChI is InChI=1S/C23H24F2/c24-22-16-15-21(17-23(22)25)14-13-20-11-9-19(10-12-20)8-4-3-7-18-5-1-2-6-18/h9-12,15-18H,1-8H2. The monoisotopic (exact) mass is 338 g/mol. The Morgan fingerprint density at radius 1 is 0.800 bits per heavy atom. The van der Waals surface area contributed by atoms with Gasteiger partial charge < -0.3 is 0 Å². The number of hydrogen-bond acceptors (Lipinski definition) is 0. The maximum atomic E-state index is 13.2. The molecule has 1 fully saturated rings. The van der Waals surface area contributed by atoms with Gasteiger partial charge in [0.1, 0.15) is 0 Å². The molecule has 0 amide bonds. The summed E-state index contributed by atoms with van der Waals surface area (Å²) in [6.45, 7) is 0. The number of benzene rings is 2. The van der Waals surface area contributed by atoms with E-state index in [9.17, 15) is 8.78 Å². The highest BCUT2D eigenvalue weighted by atomic mass is 19.2. The highest BCUT2D eigenvalue weighted by molar-refractivity contribution is 5.43. The van der Waals surface area contributed by atoms with Crippen molar-refractivity contribution in [1.29, 1.82) is 0 Å². The first-order valence-corrected chi connectivity index (χ1v) is 9.27. The molecule has 0 aliphatic heterocycles. The third-order valence-corrected chi connectivity index (χ3v) is 5.03. The van der Waals surface area contributed by atoms with Crippen molar-refractivity contribution in [3.8, 4) is 11.8 Å². The largest absolute Gasteiger partial charge is 0.204 e. The van der Waals surface area contributed by atoms with E-state index >= 15 is 0 Å². The van der Waals surface area contributed by atoms with Gasteiger partial charge in [0.25, 0.3) is 0 Å². The molecule has 130 valence electrons. The summed E-state index contributed by atoms with van der Waals surface area (Å²) in [5, 5.41) is 0. The summed E-state index contributed by atoms with van der Waals surface area (Å²) in [6.07, 6.45) is 10.8.